The minimum Gasteiger partial charge on any atom is -0.316 e. The summed E-state index contributed by atoms with van der Waals surface area (Å²) in [5.41, 5.74) is 0. The molecule has 0 aromatic heterocycles. The zero-order valence-electron chi connectivity index (χ0n) is 9.21. The molecule has 0 bridgehead atoms. The number of hydrogen-bond donors (Lipinski definition) is 1. The van der Waals surface area contributed by atoms with Gasteiger partial charge in [-0.25, -0.2) is 0 Å². The van der Waals surface area contributed by atoms with Gasteiger partial charge in [-0.1, -0.05) is 12.8 Å². The number of fused-ring (bicyclic) bond motifs is 1. The average molecular weight is 194 g/mol. The molecule has 3 aliphatic rings. The molecule has 0 aromatic carbocycles. The molecule has 14 heavy (non-hydrogen) atoms. The quantitative estimate of drug-likeness (QED) is 0.680. The monoisotopic (exact) mass is 194 g/mol. The van der Waals surface area contributed by atoms with E-state index in [2.05, 4.69) is 17.1 Å². The van der Waals surface area contributed by atoms with Crippen LogP contribution in [0.5, 0.6) is 0 Å². The molecule has 1 aliphatic carbocycles. The number of nitrogens with one attached hydrogen (secondary N) is 1. The SMILES string of the molecule is CC1C2CNCC2CN1C1CCCC1. The van der Waals surface area contributed by atoms with Crippen molar-refractivity contribution in [1.82, 2.24) is 10.2 Å². The van der Waals surface area contributed by atoms with E-state index in [9.17, 15) is 0 Å². The van der Waals surface area contributed by atoms with Crippen LogP contribution in [0.1, 0.15) is 32.6 Å². The summed E-state index contributed by atoms with van der Waals surface area (Å²) in [6, 6.07) is 1.79. The Morgan fingerprint density at radius 3 is 2.64 bits per heavy atom. The van der Waals surface area contributed by atoms with Crippen molar-refractivity contribution in [2.45, 2.75) is 44.7 Å². The molecule has 3 fully saturated rings. The van der Waals surface area contributed by atoms with Gasteiger partial charge >= 0.3 is 0 Å². The summed E-state index contributed by atoms with van der Waals surface area (Å²) in [6.07, 6.45) is 5.89. The standard InChI is InChI=1S/C12H22N2/c1-9-12-7-13-6-10(12)8-14(9)11-4-2-3-5-11/h9-13H,2-8H2,1H3. The first-order chi connectivity index (χ1) is 6.86. The van der Waals surface area contributed by atoms with Gasteiger partial charge < -0.3 is 5.32 Å². The minimum absolute atomic E-state index is 0.845. The van der Waals surface area contributed by atoms with E-state index in [0.717, 1.165) is 23.9 Å². The third-order valence-corrected chi connectivity index (χ3v) is 4.77. The molecule has 80 valence electrons. The Morgan fingerprint density at radius 1 is 1.14 bits per heavy atom. The highest BCUT2D eigenvalue weighted by molar-refractivity contribution is 4.99. The molecule has 2 aliphatic heterocycles. The van der Waals surface area contributed by atoms with E-state index >= 15 is 0 Å². The molecule has 2 heteroatoms. The highest BCUT2D eigenvalue weighted by Crippen LogP contribution is 2.37. The van der Waals surface area contributed by atoms with Gasteiger partial charge in [0.25, 0.3) is 0 Å². The predicted molar refractivity (Wildman–Crippen MR) is 58.3 cm³/mol. The Hall–Kier alpha value is -0.0800. The van der Waals surface area contributed by atoms with E-state index in [1.165, 1.54) is 45.3 Å². The van der Waals surface area contributed by atoms with Crippen LogP contribution in [0, 0.1) is 11.8 Å². The molecule has 3 unspecified atom stereocenters. The Balaban J connectivity index is 1.70. The minimum atomic E-state index is 0.845. The van der Waals surface area contributed by atoms with Crippen LogP contribution in [0.2, 0.25) is 0 Å². The third kappa shape index (κ3) is 1.31. The van der Waals surface area contributed by atoms with Crippen molar-refractivity contribution < 1.29 is 0 Å². The van der Waals surface area contributed by atoms with Gasteiger partial charge in [0.2, 0.25) is 0 Å². The summed E-state index contributed by atoms with van der Waals surface area (Å²) in [5, 5.41) is 3.54. The lowest BCUT2D eigenvalue weighted by Crippen LogP contribution is -2.39. The second-order valence-electron chi connectivity index (χ2n) is 5.46. The van der Waals surface area contributed by atoms with Crippen LogP contribution in [-0.2, 0) is 0 Å². The maximum atomic E-state index is 3.54. The van der Waals surface area contributed by atoms with E-state index in [1.807, 2.05) is 0 Å². The van der Waals surface area contributed by atoms with E-state index < -0.39 is 0 Å². The second kappa shape index (κ2) is 3.49. The first kappa shape index (κ1) is 9.17. The van der Waals surface area contributed by atoms with Crippen molar-refractivity contribution in [3.05, 3.63) is 0 Å². The van der Waals surface area contributed by atoms with Crippen molar-refractivity contribution >= 4 is 0 Å². The smallest absolute Gasteiger partial charge is 0.0114 e. The van der Waals surface area contributed by atoms with Crippen molar-refractivity contribution in [3.8, 4) is 0 Å². The lowest BCUT2D eigenvalue weighted by Gasteiger charge is -2.30. The Bertz CT molecular complexity index is 210. The Labute approximate surface area is 87.0 Å². The highest BCUT2D eigenvalue weighted by atomic mass is 15.2. The van der Waals surface area contributed by atoms with Crippen LogP contribution >= 0.6 is 0 Å². The highest BCUT2D eigenvalue weighted by Gasteiger charge is 2.44. The summed E-state index contributed by atoms with van der Waals surface area (Å²) in [6.45, 7) is 6.38. The topological polar surface area (TPSA) is 15.3 Å². The molecule has 3 atom stereocenters. The molecule has 2 saturated heterocycles. The number of nitrogens with zero attached hydrogens (tertiary/aromatic N) is 1. The van der Waals surface area contributed by atoms with Gasteiger partial charge in [-0.15, -0.1) is 0 Å². The van der Waals surface area contributed by atoms with Crippen LogP contribution < -0.4 is 5.32 Å². The first-order valence-corrected chi connectivity index (χ1v) is 6.32. The molecule has 1 saturated carbocycles. The molecule has 2 nitrogen and oxygen atoms in total. The molecule has 2 heterocycles. The summed E-state index contributed by atoms with van der Waals surface area (Å²) < 4.78 is 0. The zero-order chi connectivity index (χ0) is 9.54. The summed E-state index contributed by atoms with van der Waals surface area (Å²) >= 11 is 0. The summed E-state index contributed by atoms with van der Waals surface area (Å²) in [5.74, 6) is 1.92. The van der Waals surface area contributed by atoms with Crippen molar-refractivity contribution in [1.29, 1.82) is 0 Å². The van der Waals surface area contributed by atoms with E-state index in [-0.39, 0.29) is 0 Å². The normalized spacial score (nSPS) is 44.8. The van der Waals surface area contributed by atoms with Gasteiger partial charge in [0.15, 0.2) is 0 Å². The molecule has 0 radical (unpaired) electrons. The fourth-order valence-electron chi connectivity index (χ4n) is 3.92. The molecular weight excluding hydrogens is 172 g/mol. The van der Waals surface area contributed by atoms with Gasteiger partial charge in [0, 0.05) is 18.6 Å². The maximum absolute atomic E-state index is 3.54. The molecule has 3 rings (SSSR count). The van der Waals surface area contributed by atoms with Gasteiger partial charge in [-0.3, -0.25) is 4.90 Å². The number of hydrogen-bond acceptors (Lipinski definition) is 2. The van der Waals surface area contributed by atoms with Crippen molar-refractivity contribution in [3.63, 3.8) is 0 Å². The van der Waals surface area contributed by atoms with Crippen LogP contribution in [-0.4, -0.2) is 36.6 Å². The van der Waals surface area contributed by atoms with Crippen LogP contribution in [0.25, 0.3) is 0 Å². The van der Waals surface area contributed by atoms with Gasteiger partial charge in [-0.05, 0) is 44.7 Å². The lowest BCUT2D eigenvalue weighted by molar-refractivity contribution is 0.172. The van der Waals surface area contributed by atoms with Crippen LogP contribution in [0.4, 0.5) is 0 Å². The summed E-state index contributed by atoms with van der Waals surface area (Å²) in [7, 11) is 0. The Morgan fingerprint density at radius 2 is 1.93 bits per heavy atom. The second-order valence-corrected chi connectivity index (χ2v) is 5.46. The van der Waals surface area contributed by atoms with Crippen LogP contribution in [0.15, 0.2) is 0 Å². The fourth-order valence-corrected chi connectivity index (χ4v) is 3.92. The molecule has 0 spiro atoms. The first-order valence-electron chi connectivity index (χ1n) is 6.32. The molecule has 0 amide bonds. The Kier molecular flexibility index (Phi) is 2.29. The zero-order valence-corrected chi connectivity index (χ0v) is 9.21. The average Bonchev–Trinajstić information content (AvgIpc) is 2.84. The maximum Gasteiger partial charge on any atom is 0.0114 e. The van der Waals surface area contributed by atoms with Crippen LogP contribution in [0.3, 0.4) is 0 Å². The predicted octanol–water partition coefficient (Wildman–Crippen LogP) is 1.47. The molecule has 1 N–H and O–H groups in total. The molecular formula is C12H22N2. The lowest BCUT2D eigenvalue weighted by atomic mass is 9.95. The number of likely N-dealkylation sites (tertiary alicyclic amines) is 1. The molecule has 0 aromatic rings. The fraction of sp³-hybridized carbons (Fsp3) is 1.00. The van der Waals surface area contributed by atoms with Gasteiger partial charge in [0.1, 0.15) is 0 Å². The van der Waals surface area contributed by atoms with Crippen molar-refractivity contribution in [2.24, 2.45) is 11.8 Å². The third-order valence-electron chi connectivity index (χ3n) is 4.77. The van der Waals surface area contributed by atoms with Gasteiger partial charge in [-0.2, -0.15) is 0 Å². The number of rotatable bonds is 1. The van der Waals surface area contributed by atoms with E-state index in [0.29, 0.717) is 0 Å². The largest absolute Gasteiger partial charge is 0.316 e. The van der Waals surface area contributed by atoms with Crippen molar-refractivity contribution in [2.75, 3.05) is 19.6 Å². The van der Waals surface area contributed by atoms with E-state index in [1.54, 1.807) is 0 Å². The van der Waals surface area contributed by atoms with Gasteiger partial charge in [0.05, 0.1) is 0 Å². The summed E-state index contributed by atoms with van der Waals surface area (Å²) in [4.78, 5) is 2.82. The van der Waals surface area contributed by atoms with E-state index in [4.69, 9.17) is 0 Å².